The second-order valence-corrected chi connectivity index (χ2v) is 6.50. The van der Waals surface area contributed by atoms with Crippen molar-refractivity contribution in [2.75, 3.05) is 6.54 Å². The van der Waals surface area contributed by atoms with Crippen LogP contribution in [0.1, 0.15) is 90.4 Å². The monoisotopic (exact) mass is 267 g/mol. The largest absolute Gasteiger partial charge is 0.330 e. The Labute approximate surface area is 119 Å². The van der Waals surface area contributed by atoms with Crippen molar-refractivity contribution in [3.05, 3.63) is 0 Å². The first-order valence-electron chi connectivity index (χ1n) is 8.44. The van der Waals surface area contributed by atoms with Crippen molar-refractivity contribution in [2.24, 2.45) is 11.1 Å². The van der Waals surface area contributed by atoms with Crippen LogP contribution >= 0.6 is 0 Å². The van der Waals surface area contributed by atoms with E-state index >= 15 is 0 Å². The molecule has 0 unspecified atom stereocenters. The molecule has 0 aliphatic heterocycles. The fraction of sp³-hybridized carbons (Fsp3) is 0.941. The summed E-state index contributed by atoms with van der Waals surface area (Å²) in [5.41, 5.74) is 6.11. The summed E-state index contributed by atoms with van der Waals surface area (Å²) in [7, 11) is 0. The summed E-state index contributed by atoms with van der Waals surface area (Å²) in [4.78, 5) is 12.1. The molecule has 2 N–H and O–H groups in total. The Kier molecular flexibility index (Phi) is 8.36. The van der Waals surface area contributed by atoms with Crippen LogP contribution in [-0.4, -0.2) is 12.3 Å². The first kappa shape index (κ1) is 16.7. The summed E-state index contributed by atoms with van der Waals surface area (Å²) in [6.45, 7) is 2.94. The molecule has 0 bridgehead atoms. The third-order valence-electron chi connectivity index (χ3n) is 4.73. The molecule has 0 heterocycles. The van der Waals surface area contributed by atoms with Gasteiger partial charge >= 0.3 is 0 Å². The number of rotatable bonds is 10. The lowest BCUT2D eigenvalue weighted by Crippen LogP contribution is -2.35. The minimum Gasteiger partial charge on any atom is -0.330 e. The first-order valence-corrected chi connectivity index (χ1v) is 8.44. The normalized spacial score (nSPS) is 18.4. The number of nitrogens with two attached hydrogens (primary N) is 1. The van der Waals surface area contributed by atoms with E-state index in [-0.39, 0.29) is 5.41 Å². The zero-order chi connectivity index (χ0) is 14.0. The smallest absolute Gasteiger partial charge is 0.133 e. The molecule has 0 spiro atoms. The predicted octanol–water partition coefficient (Wildman–Crippen LogP) is 4.61. The van der Waals surface area contributed by atoms with Gasteiger partial charge in [-0.2, -0.15) is 0 Å². The van der Waals surface area contributed by atoms with Crippen molar-refractivity contribution in [3.63, 3.8) is 0 Å². The number of carbonyl (C=O) groups is 1. The molecule has 0 aromatic carbocycles. The van der Waals surface area contributed by atoms with Crippen LogP contribution in [0.3, 0.4) is 0 Å². The maximum Gasteiger partial charge on any atom is 0.133 e. The molecular weight excluding hydrogens is 234 g/mol. The maximum atomic E-state index is 12.1. The van der Waals surface area contributed by atoms with Crippen LogP contribution in [-0.2, 0) is 4.79 Å². The second-order valence-electron chi connectivity index (χ2n) is 6.50. The van der Waals surface area contributed by atoms with Crippen LogP contribution in [0.5, 0.6) is 0 Å². The van der Waals surface area contributed by atoms with Crippen molar-refractivity contribution in [1.29, 1.82) is 0 Å². The Bertz CT molecular complexity index is 244. The summed E-state index contributed by atoms with van der Waals surface area (Å²) >= 11 is 0. The quantitative estimate of drug-likeness (QED) is 0.588. The van der Waals surface area contributed by atoms with Gasteiger partial charge in [-0.25, -0.2) is 0 Å². The topological polar surface area (TPSA) is 43.1 Å². The van der Waals surface area contributed by atoms with Gasteiger partial charge in [-0.1, -0.05) is 58.3 Å². The van der Waals surface area contributed by atoms with Gasteiger partial charge < -0.3 is 5.73 Å². The lowest BCUT2D eigenvalue weighted by molar-refractivity contribution is -0.121. The Morgan fingerprint density at radius 1 is 1.00 bits per heavy atom. The van der Waals surface area contributed by atoms with Crippen molar-refractivity contribution >= 4 is 5.78 Å². The molecule has 2 nitrogen and oxygen atoms in total. The van der Waals surface area contributed by atoms with Gasteiger partial charge in [-0.3, -0.25) is 4.79 Å². The standard InChI is InChI=1S/C17H33NO/c1-2-3-4-5-6-8-11-16(19)14-17(15-18)12-9-7-10-13-17/h2-15,18H2,1H3. The van der Waals surface area contributed by atoms with Gasteiger partial charge in [-0.05, 0) is 31.2 Å². The van der Waals surface area contributed by atoms with E-state index in [0.717, 1.165) is 19.3 Å². The molecule has 1 saturated carbocycles. The lowest BCUT2D eigenvalue weighted by atomic mass is 9.70. The fourth-order valence-electron chi connectivity index (χ4n) is 3.36. The summed E-state index contributed by atoms with van der Waals surface area (Å²) in [6, 6.07) is 0. The van der Waals surface area contributed by atoms with Crippen LogP contribution in [0.15, 0.2) is 0 Å². The van der Waals surface area contributed by atoms with E-state index in [1.165, 1.54) is 64.2 Å². The predicted molar refractivity (Wildman–Crippen MR) is 82.2 cm³/mol. The van der Waals surface area contributed by atoms with Gasteiger partial charge in [0.1, 0.15) is 5.78 Å². The Morgan fingerprint density at radius 2 is 1.63 bits per heavy atom. The molecule has 1 aliphatic rings. The molecule has 0 saturated heterocycles. The van der Waals surface area contributed by atoms with Crippen LogP contribution < -0.4 is 5.73 Å². The number of hydrogen-bond acceptors (Lipinski definition) is 2. The zero-order valence-corrected chi connectivity index (χ0v) is 12.9. The van der Waals surface area contributed by atoms with E-state index in [0.29, 0.717) is 12.3 Å². The molecule has 0 amide bonds. The Morgan fingerprint density at radius 3 is 2.26 bits per heavy atom. The maximum absolute atomic E-state index is 12.1. The molecule has 1 fully saturated rings. The molecule has 2 heteroatoms. The number of hydrogen-bond donors (Lipinski definition) is 1. The van der Waals surface area contributed by atoms with E-state index in [9.17, 15) is 4.79 Å². The van der Waals surface area contributed by atoms with Crippen LogP contribution in [0.2, 0.25) is 0 Å². The van der Waals surface area contributed by atoms with Crippen molar-refractivity contribution in [3.8, 4) is 0 Å². The highest BCUT2D eigenvalue weighted by Gasteiger charge is 2.32. The van der Waals surface area contributed by atoms with Gasteiger partial charge in [0, 0.05) is 12.8 Å². The fourth-order valence-corrected chi connectivity index (χ4v) is 3.36. The number of unbranched alkanes of at least 4 members (excludes halogenated alkanes) is 5. The molecular formula is C17H33NO. The molecule has 19 heavy (non-hydrogen) atoms. The van der Waals surface area contributed by atoms with E-state index in [2.05, 4.69) is 6.92 Å². The number of Topliss-reactive ketones (excluding diaryl/α,β-unsaturated/α-hetero) is 1. The SMILES string of the molecule is CCCCCCCCC(=O)CC1(CN)CCCCC1. The van der Waals surface area contributed by atoms with E-state index in [4.69, 9.17) is 5.73 Å². The van der Waals surface area contributed by atoms with E-state index < -0.39 is 0 Å². The summed E-state index contributed by atoms with van der Waals surface area (Å²) < 4.78 is 0. The Hall–Kier alpha value is -0.370. The van der Waals surface area contributed by atoms with Crippen LogP contribution in [0, 0.1) is 5.41 Å². The third kappa shape index (κ3) is 6.56. The highest BCUT2D eigenvalue weighted by atomic mass is 16.1. The minimum absolute atomic E-state index is 0.164. The van der Waals surface area contributed by atoms with Crippen LogP contribution in [0.4, 0.5) is 0 Å². The van der Waals surface area contributed by atoms with E-state index in [1.54, 1.807) is 0 Å². The molecule has 0 radical (unpaired) electrons. The van der Waals surface area contributed by atoms with Crippen molar-refractivity contribution in [1.82, 2.24) is 0 Å². The lowest BCUT2D eigenvalue weighted by Gasteiger charge is -2.35. The molecule has 0 aromatic heterocycles. The van der Waals surface area contributed by atoms with Crippen molar-refractivity contribution in [2.45, 2.75) is 90.4 Å². The molecule has 1 aliphatic carbocycles. The zero-order valence-electron chi connectivity index (χ0n) is 12.9. The third-order valence-corrected chi connectivity index (χ3v) is 4.73. The average molecular weight is 267 g/mol. The average Bonchev–Trinajstić information content (AvgIpc) is 2.43. The second kappa shape index (κ2) is 9.52. The highest BCUT2D eigenvalue weighted by Crippen LogP contribution is 2.38. The first-order chi connectivity index (χ1) is 9.22. The minimum atomic E-state index is 0.164. The van der Waals surface area contributed by atoms with Crippen molar-refractivity contribution < 1.29 is 4.79 Å². The Balaban J connectivity index is 2.15. The molecule has 112 valence electrons. The molecule has 1 rings (SSSR count). The van der Waals surface area contributed by atoms with Gasteiger partial charge in [0.25, 0.3) is 0 Å². The van der Waals surface area contributed by atoms with E-state index in [1.807, 2.05) is 0 Å². The van der Waals surface area contributed by atoms with Gasteiger partial charge in [0.15, 0.2) is 0 Å². The van der Waals surface area contributed by atoms with Gasteiger partial charge in [0.05, 0.1) is 0 Å². The highest BCUT2D eigenvalue weighted by molar-refractivity contribution is 5.79. The van der Waals surface area contributed by atoms with Gasteiger partial charge in [-0.15, -0.1) is 0 Å². The van der Waals surface area contributed by atoms with Crippen LogP contribution in [0.25, 0.3) is 0 Å². The summed E-state index contributed by atoms with van der Waals surface area (Å²) in [5, 5.41) is 0. The molecule has 0 aromatic rings. The summed E-state index contributed by atoms with van der Waals surface area (Å²) in [5.74, 6) is 0.461. The number of ketones is 1. The summed E-state index contributed by atoms with van der Waals surface area (Å²) in [6.07, 6.45) is 15.3. The number of carbonyl (C=O) groups excluding carboxylic acids is 1. The molecule has 0 atom stereocenters. The van der Waals surface area contributed by atoms with Gasteiger partial charge in [0.2, 0.25) is 0 Å².